The second-order valence-corrected chi connectivity index (χ2v) is 7.22. The summed E-state index contributed by atoms with van der Waals surface area (Å²) in [5.74, 6) is 2.97. The average Bonchev–Trinajstić information content (AvgIpc) is 3.24. The van der Waals surface area contributed by atoms with Crippen molar-refractivity contribution in [3.8, 4) is 0 Å². The molecule has 0 saturated heterocycles. The van der Waals surface area contributed by atoms with Crippen LogP contribution in [0.4, 0.5) is 10.5 Å². The van der Waals surface area contributed by atoms with E-state index in [0.29, 0.717) is 24.0 Å². The normalized spacial score (nSPS) is 16.5. The van der Waals surface area contributed by atoms with Crippen molar-refractivity contribution in [3.05, 3.63) is 35.7 Å². The Balaban J connectivity index is 1.41. The quantitative estimate of drug-likeness (QED) is 0.737. The van der Waals surface area contributed by atoms with Gasteiger partial charge < -0.3 is 19.6 Å². The highest BCUT2D eigenvalue weighted by atomic mass is 16.3. The fourth-order valence-corrected chi connectivity index (χ4v) is 3.45. The molecule has 0 spiro atoms. The lowest BCUT2D eigenvalue weighted by Gasteiger charge is -2.26. The van der Waals surface area contributed by atoms with Crippen LogP contribution in [0.1, 0.15) is 50.6 Å². The lowest BCUT2D eigenvalue weighted by Crippen LogP contribution is -2.43. The van der Waals surface area contributed by atoms with Gasteiger partial charge in [-0.2, -0.15) is 0 Å². The topological polar surface area (TPSA) is 97.9 Å². The van der Waals surface area contributed by atoms with E-state index in [1.165, 1.54) is 0 Å². The Labute approximate surface area is 157 Å². The summed E-state index contributed by atoms with van der Waals surface area (Å²) in [6.45, 7) is 6.90. The van der Waals surface area contributed by atoms with Gasteiger partial charge in [-0.3, -0.25) is 0 Å². The lowest BCUT2D eigenvalue weighted by molar-refractivity contribution is 0.244. The minimum atomic E-state index is -0.221. The highest BCUT2D eigenvalue weighted by molar-refractivity contribution is 5.91. The minimum absolute atomic E-state index is 0.0495. The molecule has 1 aromatic carbocycles. The van der Waals surface area contributed by atoms with Crippen molar-refractivity contribution in [2.75, 3.05) is 5.32 Å². The van der Waals surface area contributed by atoms with Gasteiger partial charge in [0.1, 0.15) is 17.2 Å². The monoisotopic (exact) mass is 368 g/mol. The molecule has 0 fully saturated rings. The van der Waals surface area contributed by atoms with Crippen molar-refractivity contribution in [1.29, 1.82) is 0 Å². The van der Waals surface area contributed by atoms with Gasteiger partial charge in [-0.05, 0) is 24.6 Å². The summed E-state index contributed by atoms with van der Waals surface area (Å²) < 4.78 is 7.73. The van der Waals surface area contributed by atoms with Crippen LogP contribution in [0.25, 0.3) is 11.1 Å². The molecule has 142 valence electrons. The first-order valence-corrected chi connectivity index (χ1v) is 9.42. The van der Waals surface area contributed by atoms with Gasteiger partial charge in [-0.25, -0.2) is 9.78 Å². The number of nitrogens with zero attached hydrogens (tertiary/aromatic N) is 4. The first kappa shape index (κ1) is 17.5. The molecule has 0 saturated carbocycles. The van der Waals surface area contributed by atoms with Crippen molar-refractivity contribution in [1.82, 2.24) is 25.1 Å². The number of oxazole rings is 1. The van der Waals surface area contributed by atoms with E-state index in [1.54, 1.807) is 0 Å². The number of benzene rings is 1. The van der Waals surface area contributed by atoms with Gasteiger partial charge in [0.15, 0.2) is 11.5 Å². The van der Waals surface area contributed by atoms with E-state index < -0.39 is 0 Å². The Kier molecular flexibility index (Phi) is 4.55. The second kappa shape index (κ2) is 7.02. The summed E-state index contributed by atoms with van der Waals surface area (Å²) in [7, 11) is 0. The van der Waals surface area contributed by atoms with Gasteiger partial charge in [-0.15, -0.1) is 10.2 Å². The highest BCUT2D eigenvalue weighted by Crippen LogP contribution is 2.22. The van der Waals surface area contributed by atoms with Crippen LogP contribution in [0.5, 0.6) is 0 Å². The highest BCUT2D eigenvalue weighted by Gasteiger charge is 2.25. The zero-order valence-electron chi connectivity index (χ0n) is 15.8. The third-order valence-electron chi connectivity index (χ3n) is 4.82. The molecule has 1 aliphatic heterocycles. The molecule has 0 radical (unpaired) electrons. The number of aryl methyl sites for hydroxylation is 2. The number of anilines is 1. The molecule has 0 unspecified atom stereocenters. The Morgan fingerprint density at radius 1 is 1.37 bits per heavy atom. The third-order valence-corrected chi connectivity index (χ3v) is 4.82. The second-order valence-electron chi connectivity index (χ2n) is 7.22. The van der Waals surface area contributed by atoms with Crippen LogP contribution >= 0.6 is 0 Å². The maximum atomic E-state index is 12.4. The molecule has 2 amide bonds. The van der Waals surface area contributed by atoms with Crippen molar-refractivity contribution in [2.24, 2.45) is 0 Å². The molecule has 3 aromatic rings. The maximum Gasteiger partial charge on any atom is 0.319 e. The van der Waals surface area contributed by atoms with E-state index in [0.717, 1.165) is 42.0 Å². The molecule has 4 rings (SSSR count). The summed E-state index contributed by atoms with van der Waals surface area (Å²) in [4.78, 5) is 16.8. The largest absolute Gasteiger partial charge is 0.441 e. The Bertz CT molecular complexity index is 974. The number of aromatic nitrogens is 4. The zero-order valence-corrected chi connectivity index (χ0v) is 15.8. The first-order valence-electron chi connectivity index (χ1n) is 9.42. The van der Waals surface area contributed by atoms with Gasteiger partial charge in [0, 0.05) is 37.0 Å². The smallest absolute Gasteiger partial charge is 0.319 e. The predicted molar refractivity (Wildman–Crippen MR) is 102 cm³/mol. The van der Waals surface area contributed by atoms with Crippen LogP contribution < -0.4 is 10.6 Å². The molecule has 2 N–H and O–H groups in total. The Morgan fingerprint density at radius 2 is 2.22 bits per heavy atom. The van der Waals surface area contributed by atoms with Crippen LogP contribution in [-0.4, -0.2) is 31.8 Å². The molecular formula is C19H24N6O2. The van der Waals surface area contributed by atoms with E-state index in [-0.39, 0.29) is 12.1 Å². The van der Waals surface area contributed by atoms with E-state index >= 15 is 0 Å². The summed E-state index contributed by atoms with van der Waals surface area (Å²) in [5, 5.41) is 14.5. The third kappa shape index (κ3) is 3.51. The van der Waals surface area contributed by atoms with Crippen molar-refractivity contribution >= 4 is 22.8 Å². The van der Waals surface area contributed by atoms with Gasteiger partial charge in [0.25, 0.3) is 0 Å². The number of amides is 2. The molecule has 1 atom stereocenters. The zero-order chi connectivity index (χ0) is 19.0. The molecule has 2 aromatic heterocycles. The molecule has 27 heavy (non-hydrogen) atoms. The number of hydrogen-bond acceptors (Lipinski definition) is 5. The number of rotatable bonds is 4. The van der Waals surface area contributed by atoms with Crippen molar-refractivity contribution < 1.29 is 9.21 Å². The van der Waals surface area contributed by atoms with E-state index in [4.69, 9.17) is 4.42 Å². The Hall–Kier alpha value is -2.90. The number of nitrogens with one attached hydrogen (secondary N) is 2. The summed E-state index contributed by atoms with van der Waals surface area (Å²) in [6, 6.07) is 5.31. The molecular weight excluding hydrogens is 344 g/mol. The van der Waals surface area contributed by atoms with Crippen molar-refractivity contribution in [2.45, 2.75) is 58.5 Å². The lowest BCUT2D eigenvalue weighted by atomic mass is 10.1. The van der Waals surface area contributed by atoms with Gasteiger partial charge in [0.05, 0.1) is 0 Å². The summed E-state index contributed by atoms with van der Waals surface area (Å²) >= 11 is 0. The van der Waals surface area contributed by atoms with Crippen LogP contribution in [0, 0.1) is 0 Å². The van der Waals surface area contributed by atoms with E-state index in [1.807, 2.05) is 25.1 Å². The SMILES string of the molecule is CCc1nc2cc(NC(=O)N[C@@H]3CCc4nnc(C(C)C)n4C3)ccc2o1. The summed E-state index contributed by atoms with van der Waals surface area (Å²) in [6.07, 6.45) is 2.41. The fourth-order valence-electron chi connectivity index (χ4n) is 3.45. The predicted octanol–water partition coefficient (Wildman–Crippen LogP) is 3.24. The molecule has 0 aliphatic carbocycles. The summed E-state index contributed by atoms with van der Waals surface area (Å²) in [5.41, 5.74) is 2.17. The van der Waals surface area contributed by atoms with Gasteiger partial charge in [0.2, 0.25) is 0 Å². The van der Waals surface area contributed by atoms with Crippen LogP contribution in [0.3, 0.4) is 0 Å². The molecule has 3 heterocycles. The van der Waals surface area contributed by atoms with Gasteiger partial charge in [-0.1, -0.05) is 20.8 Å². The number of fused-ring (bicyclic) bond motifs is 2. The van der Waals surface area contributed by atoms with Crippen LogP contribution in [0.2, 0.25) is 0 Å². The van der Waals surface area contributed by atoms with Crippen molar-refractivity contribution in [3.63, 3.8) is 0 Å². The molecule has 8 nitrogen and oxygen atoms in total. The standard InChI is InChI=1S/C19H24N6O2/c1-4-17-22-14-9-12(5-7-15(14)27-17)20-19(26)21-13-6-8-16-23-24-18(11(2)3)25(16)10-13/h5,7,9,11,13H,4,6,8,10H2,1-3H3,(H2,20,21,26)/t13-/m1/s1. The van der Waals surface area contributed by atoms with E-state index in [2.05, 4.69) is 44.2 Å². The van der Waals surface area contributed by atoms with E-state index in [9.17, 15) is 4.79 Å². The maximum absolute atomic E-state index is 12.4. The Morgan fingerprint density at radius 3 is 3.00 bits per heavy atom. The van der Waals surface area contributed by atoms with Crippen LogP contribution in [-0.2, 0) is 19.4 Å². The first-order chi connectivity index (χ1) is 13.0. The van der Waals surface area contributed by atoms with Gasteiger partial charge >= 0.3 is 6.03 Å². The fraction of sp³-hybridized carbons (Fsp3) is 0.474. The number of carbonyl (C=O) groups excluding carboxylic acids is 1. The molecule has 1 aliphatic rings. The molecule has 0 bridgehead atoms. The number of hydrogen-bond donors (Lipinski definition) is 2. The number of urea groups is 1. The van der Waals surface area contributed by atoms with Crippen LogP contribution in [0.15, 0.2) is 22.6 Å². The number of carbonyl (C=O) groups is 1. The minimum Gasteiger partial charge on any atom is -0.441 e. The average molecular weight is 368 g/mol. The molecule has 8 heteroatoms.